The molecule has 0 spiro atoms. The highest BCUT2D eigenvalue weighted by Crippen LogP contribution is 2.28. The summed E-state index contributed by atoms with van der Waals surface area (Å²) in [6, 6.07) is 10.6. The highest BCUT2D eigenvalue weighted by Gasteiger charge is 2.24. The Morgan fingerprint density at radius 3 is 2.50 bits per heavy atom. The van der Waals surface area contributed by atoms with E-state index in [1.807, 2.05) is 6.92 Å². The van der Waals surface area contributed by atoms with Crippen LogP contribution in [0.3, 0.4) is 0 Å². The smallest absolute Gasteiger partial charge is 0.313 e. The molecule has 0 aromatic heterocycles. The molecule has 0 atom stereocenters. The van der Waals surface area contributed by atoms with Crippen molar-refractivity contribution in [2.24, 2.45) is 0 Å². The van der Waals surface area contributed by atoms with Gasteiger partial charge in [-0.05, 0) is 61.6 Å². The molecule has 1 saturated carbocycles. The number of nitrogens with one attached hydrogen (secondary N) is 3. The minimum absolute atomic E-state index is 0.152. The van der Waals surface area contributed by atoms with Gasteiger partial charge in [-0.25, -0.2) is 0 Å². The first-order valence-electron chi connectivity index (χ1n) is 10.7. The van der Waals surface area contributed by atoms with Crippen LogP contribution < -0.4 is 25.4 Å². The van der Waals surface area contributed by atoms with Crippen LogP contribution in [0.15, 0.2) is 36.4 Å². The molecule has 2 aromatic rings. The molecule has 0 unspecified atom stereocenters. The van der Waals surface area contributed by atoms with Gasteiger partial charge in [0, 0.05) is 23.8 Å². The third-order valence-electron chi connectivity index (χ3n) is 5.01. The van der Waals surface area contributed by atoms with Crippen molar-refractivity contribution in [1.82, 2.24) is 10.6 Å². The van der Waals surface area contributed by atoms with E-state index in [0.717, 1.165) is 30.4 Å². The van der Waals surface area contributed by atoms with Gasteiger partial charge in [0.2, 0.25) is 0 Å². The number of amides is 3. The van der Waals surface area contributed by atoms with Crippen molar-refractivity contribution in [3.63, 3.8) is 0 Å². The quantitative estimate of drug-likeness (QED) is 0.521. The van der Waals surface area contributed by atoms with E-state index in [2.05, 4.69) is 16.0 Å². The molecule has 1 aliphatic carbocycles. The molecule has 3 rings (SSSR count). The molecule has 1 aliphatic rings. The third kappa shape index (κ3) is 6.23. The van der Waals surface area contributed by atoms with E-state index in [9.17, 15) is 14.4 Å². The summed E-state index contributed by atoms with van der Waals surface area (Å²) in [5.41, 5.74) is 2.38. The van der Waals surface area contributed by atoms with E-state index < -0.39 is 11.8 Å². The molecule has 8 nitrogen and oxygen atoms in total. The summed E-state index contributed by atoms with van der Waals surface area (Å²) in [6.07, 6.45) is 2.85. The van der Waals surface area contributed by atoms with Gasteiger partial charge in [0.25, 0.3) is 5.91 Å². The number of ether oxygens (including phenoxy) is 2. The largest absolute Gasteiger partial charge is 0.493 e. The number of carbonyl (C=O) groups is 3. The number of rotatable bonds is 9. The second-order valence-electron chi connectivity index (χ2n) is 7.75. The Morgan fingerprint density at radius 2 is 1.81 bits per heavy atom. The Labute approximate surface area is 187 Å². The lowest BCUT2D eigenvalue weighted by Crippen LogP contribution is -2.35. The van der Waals surface area contributed by atoms with Gasteiger partial charge >= 0.3 is 11.8 Å². The number of hydrogen-bond acceptors (Lipinski definition) is 5. The summed E-state index contributed by atoms with van der Waals surface area (Å²) in [7, 11) is 1.55. The number of anilines is 1. The number of carbonyl (C=O) groups excluding carboxylic acids is 3. The number of hydrogen-bond donors (Lipinski definition) is 3. The van der Waals surface area contributed by atoms with Gasteiger partial charge in [0.1, 0.15) is 0 Å². The average Bonchev–Trinajstić information content (AvgIpc) is 3.61. The fourth-order valence-corrected chi connectivity index (χ4v) is 2.99. The highest BCUT2D eigenvalue weighted by atomic mass is 16.5. The van der Waals surface area contributed by atoms with Crippen molar-refractivity contribution in [2.75, 3.05) is 19.0 Å². The lowest BCUT2D eigenvalue weighted by Gasteiger charge is -2.13. The zero-order valence-electron chi connectivity index (χ0n) is 18.6. The van der Waals surface area contributed by atoms with Crippen LogP contribution in [0, 0.1) is 6.92 Å². The van der Waals surface area contributed by atoms with Gasteiger partial charge < -0.3 is 25.4 Å². The second-order valence-corrected chi connectivity index (χ2v) is 7.75. The predicted molar refractivity (Wildman–Crippen MR) is 121 cm³/mol. The normalized spacial score (nSPS) is 12.6. The lowest BCUT2D eigenvalue weighted by molar-refractivity contribution is -0.136. The summed E-state index contributed by atoms with van der Waals surface area (Å²) in [5.74, 6) is -0.576. The van der Waals surface area contributed by atoms with Crippen LogP contribution in [0.2, 0.25) is 0 Å². The predicted octanol–water partition coefficient (Wildman–Crippen LogP) is 2.94. The van der Waals surface area contributed by atoms with Crippen LogP contribution in [0.25, 0.3) is 0 Å². The van der Waals surface area contributed by atoms with E-state index in [0.29, 0.717) is 29.4 Å². The van der Waals surface area contributed by atoms with Crippen molar-refractivity contribution in [3.8, 4) is 11.5 Å². The van der Waals surface area contributed by atoms with Crippen molar-refractivity contribution < 1.29 is 23.9 Å². The highest BCUT2D eigenvalue weighted by molar-refractivity contribution is 6.39. The van der Waals surface area contributed by atoms with Crippen LogP contribution in [-0.2, 0) is 16.1 Å². The molecular weight excluding hydrogens is 410 g/mol. The topological polar surface area (TPSA) is 106 Å². The zero-order valence-corrected chi connectivity index (χ0v) is 18.6. The third-order valence-corrected chi connectivity index (χ3v) is 5.01. The SMILES string of the molecule is CCCOc1ccc(CNC(=O)C(=O)Nc2cc(C(=O)NC3CC3)ccc2C)cc1OC. The average molecular weight is 440 g/mol. The standard InChI is InChI=1S/C24H29N3O5/c1-4-11-32-20-10-6-16(12-21(20)31-3)14-25-23(29)24(30)27-19-13-17(7-5-15(19)2)22(28)26-18-8-9-18/h5-7,10,12-13,18H,4,8-9,11,14H2,1-3H3,(H,25,29)(H,26,28)(H,27,30). The van der Waals surface area contributed by atoms with Gasteiger partial charge in [0.15, 0.2) is 11.5 Å². The number of benzene rings is 2. The van der Waals surface area contributed by atoms with Crippen molar-refractivity contribution in [1.29, 1.82) is 0 Å². The molecule has 0 saturated heterocycles. The van der Waals surface area contributed by atoms with Gasteiger partial charge in [-0.1, -0.05) is 19.1 Å². The summed E-state index contributed by atoms with van der Waals surface area (Å²) in [5, 5.41) is 8.09. The molecule has 2 aromatic carbocycles. The number of methoxy groups -OCH3 is 1. The molecule has 170 valence electrons. The Hall–Kier alpha value is -3.55. The van der Waals surface area contributed by atoms with E-state index in [1.165, 1.54) is 0 Å². The molecule has 3 N–H and O–H groups in total. The maximum Gasteiger partial charge on any atom is 0.313 e. The van der Waals surface area contributed by atoms with E-state index in [4.69, 9.17) is 9.47 Å². The van der Waals surface area contributed by atoms with Crippen molar-refractivity contribution >= 4 is 23.4 Å². The zero-order chi connectivity index (χ0) is 23.1. The van der Waals surface area contributed by atoms with Gasteiger partial charge in [0.05, 0.1) is 13.7 Å². The van der Waals surface area contributed by atoms with Crippen molar-refractivity contribution in [3.05, 3.63) is 53.1 Å². The van der Waals surface area contributed by atoms with Gasteiger partial charge in [-0.2, -0.15) is 0 Å². The monoisotopic (exact) mass is 439 g/mol. The Kier molecular flexibility index (Phi) is 7.70. The maximum absolute atomic E-state index is 12.4. The Morgan fingerprint density at radius 1 is 1.03 bits per heavy atom. The molecule has 3 amide bonds. The van der Waals surface area contributed by atoms with Crippen LogP contribution in [0.5, 0.6) is 11.5 Å². The molecule has 1 fully saturated rings. The van der Waals surface area contributed by atoms with E-state index in [1.54, 1.807) is 50.4 Å². The summed E-state index contributed by atoms with van der Waals surface area (Å²) in [4.78, 5) is 36.9. The van der Waals surface area contributed by atoms with Gasteiger partial charge in [-0.3, -0.25) is 14.4 Å². The Bertz CT molecular complexity index is 1000. The van der Waals surface area contributed by atoms with Crippen LogP contribution >= 0.6 is 0 Å². The number of aryl methyl sites for hydroxylation is 1. The minimum Gasteiger partial charge on any atom is -0.493 e. The van der Waals surface area contributed by atoms with E-state index in [-0.39, 0.29) is 18.5 Å². The molecule has 0 aliphatic heterocycles. The summed E-state index contributed by atoms with van der Waals surface area (Å²) in [6.45, 7) is 4.54. The van der Waals surface area contributed by atoms with Crippen LogP contribution in [0.1, 0.15) is 47.7 Å². The molecule has 0 bridgehead atoms. The maximum atomic E-state index is 12.4. The summed E-state index contributed by atoms with van der Waals surface area (Å²) >= 11 is 0. The molecule has 32 heavy (non-hydrogen) atoms. The first-order valence-corrected chi connectivity index (χ1v) is 10.7. The molecule has 0 heterocycles. The first kappa shape index (κ1) is 23.1. The fraction of sp³-hybridized carbons (Fsp3) is 0.375. The molecule has 8 heteroatoms. The van der Waals surface area contributed by atoms with Crippen LogP contribution in [0.4, 0.5) is 5.69 Å². The lowest BCUT2D eigenvalue weighted by atomic mass is 10.1. The second kappa shape index (κ2) is 10.7. The van der Waals surface area contributed by atoms with Gasteiger partial charge in [-0.15, -0.1) is 0 Å². The minimum atomic E-state index is -0.803. The fourth-order valence-electron chi connectivity index (χ4n) is 2.99. The van der Waals surface area contributed by atoms with Crippen LogP contribution in [-0.4, -0.2) is 37.5 Å². The molecule has 0 radical (unpaired) electrons. The molecular formula is C24H29N3O5. The van der Waals surface area contributed by atoms with Crippen molar-refractivity contribution in [2.45, 2.75) is 45.7 Å². The summed E-state index contributed by atoms with van der Waals surface area (Å²) < 4.78 is 11.0. The Balaban J connectivity index is 1.58. The first-order chi connectivity index (χ1) is 15.4. The van der Waals surface area contributed by atoms with E-state index >= 15 is 0 Å².